The van der Waals surface area contributed by atoms with E-state index >= 15 is 0 Å². The summed E-state index contributed by atoms with van der Waals surface area (Å²) in [6.45, 7) is 12.1. The molecule has 0 amide bonds. The Morgan fingerprint density at radius 1 is 0.483 bits per heavy atom. The molecule has 0 spiro atoms. The summed E-state index contributed by atoms with van der Waals surface area (Å²) in [5.74, 6) is 0.165. The summed E-state index contributed by atoms with van der Waals surface area (Å²) in [5.41, 5.74) is 0. The number of carbonyl (C=O) groups excluding carboxylic acids is 6. The van der Waals surface area contributed by atoms with Gasteiger partial charge in [0.15, 0.2) is 0 Å². The van der Waals surface area contributed by atoms with Crippen molar-refractivity contribution in [2.45, 2.75) is 142 Å². The molecule has 338 valence electrons. The topological polar surface area (TPSA) is 161 Å². The van der Waals surface area contributed by atoms with Crippen LogP contribution in [0.4, 0.5) is 0 Å². The standard InChI is InChI=1S/C42H75NO12S3/c1-7-9-11-13-15-17-30-57-35(4)41(48)54-28-25-51-38(45)19-21-43(23-32-56-33-34(3)40(47)53-27-24-50-37(6)44)22-20-39(46)52-26-29-55-42(49)36(5)58-31-18-16-14-12-10-8-2/h34-36H,7-33H2,1-6H3. The molecule has 0 saturated heterocycles. The highest BCUT2D eigenvalue weighted by Crippen LogP contribution is 2.17. The zero-order valence-electron chi connectivity index (χ0n) is 36.4. The SMILES string of the molecule is CCCCCCCCSC(C)C(=O)OCCOC(=O)CCN(CCSCC(C)C(=O)OCCOC(C)=O)CCC(=O)OCCOC(=O)C(C)SCCCCCCCC. The van der Waals surface area contributed by atoms with Gasteiger partial charge < -0.3 is 33.3 Å². The Morgan fingerprint density at radius 3 is 1.33 bits per heavy atom. The van der Waals surface area contributed by atoms with E-state index < -0.39 is 17.9 Å². The molecule has 0 heterocycles. The van der Waals surface area contributed by atoms with E-state index in [4.69, 9.17) is 28.4 Å². The van der Waals surface area contributed by atoms with Gasteiger partial charge in [-0.3, -0.25) is 28.8 Å². The van der Waals surface area contributed by atoms with E-state index in [0.717, 1.165) is 24.3 Å². The zero-order valence-corrected chi connectivity index (χ0v) is 38.8. The molecule has 16 heteroatoms. The second kappa shape index (κ2) is 39.0. The molecular weight excluding hydrogens is 807 g/mol. The van der Waals surface area contributed by atoms with Gasteiger partial charge in [0.05, 0.1) is 29.3 Å². The Bertz CT molecular complexity index is 1060. The van der Waals surface area contributed by atoms with E-state index in [0.29, 0.717) is 31.1 Å². The van der Waals surface area contributed by atoms with Crippen LogP contribution in [0, 0.1) is 5.92 Å². The molecule has 0 aromatic carbocycles. The molecule has 0 aromatic heterocycles. The maximum absolute atomic E-state index is 12.6. The average Bonchev–Trinajstić information content (AvgIpc) is 3.20. The van der Waals surface area contributed by atoms with Crippen LogP contribution >= 0.6 is 35.3 Å². The first-order chi connectivity index (χ1) is 27.9. The van der Waals surface area contributed by atoms with Gasteiger partial charge in [0.1, 0.15) is 39.6 Å². The molecule has 0 aliphatic heterocycles. The molecular formula is C42H75NO12S3. The fourth-order valence-electron chi connectivity index (χ4n) is 5.22. The minimum absolute atomic E-state index is 0.00646. The summed E-state index contributed by atoms with van der Waals surface area (Å²) < 4.78 is 31.2. The van der Waals surface area contributed by atoms with Gasteiger partial charge >= 0.3 is 35.8 Å². The molecule has 0 aliphatic rings. The third kappa shape index (κ3) is 34.7. The third-order valence-electron chi connectivity index (χ3n) is 8.80. The molecule has 3 atom stereocenters. The zero-order chi connectivity index (χ0) is 43.2. The lowest BCUT2D eigenvalue weighted by molar-refractivity contribution is -0.153. The van der Waals surface area contributed by atoms with Crippen molar-refractivity contribution >= 4 is 71.1 Å². The molecule has 0 saturated carbocycles. The Hall–Kier alpha value is -2.17. The summed E-state index contributed by atoms with van der Waals surface area (Å²) in [7, 11) is 0. The minimum atomic E-state index is -0.451. The first-order valence-corrected chi connectivity index (χ1v) is 24.6. The number of esters is 6. The number of rotatable bonds is 39. The number of thioether (sulfide) groups is 3. The normalized spacial score (nSPS) is 12.7. The number of hydrogen-bond acceptors (Lipinski definition) is 16. The Balaban J connectivity index is 4.67. The van der Waals surface area contributed by atoms with Gasteiger partial charge in [-0.2, -0.15) is 11.8 Å². The first-order valence-electron chi connectivity index (χ1n) is 21.4. The number of carbonyl (C=O) groups is 6. The lowest BCUT2D eigenvalue weighted by atomic mass is 10.1. The van der Waals surface area contributed by atoms with E-state index in [9.17, 15) is 28.8 Å². The van der Waals surface area contributed by atoms with Gasteiger partial charge in [0, 0.05) is 38.1 Å². The first kappa shape index (κ1) is 55.8. The molecule has 0 radical (unpaired) electrons. The highest BCUT2D eigenvalue weighted by molar-refractivity contribution is 8.00. The van der Waals surface area contributed by atoms with Crippen LogP contribution in [-0.4, -0.2) is 134 Å². The molecule has 0 N–H and O–H groups in total. The van der Waals surface area contributed by atoms with Crippen LogP contribution in [0.5, 0.6) is 0 Å². The van der Waals surface area contributed by atoms with E-state index in [2.05, 4.69) is 13.8 Å². The smallest absolute Gasteiger partial charge is 0.318 e. The molecule has 3 unspecified atom stereocenters. The lowest BCUT2D eigenvalue weighted by Gasteiger charge is -2.22. The van der Waals surface area contributed by atoms with Gasteiger partial charge in [-0.05, 0) is 38.2 Å². The van der Waals surface area contributed by atoms with Gasteiger partial charge in [-0.25, -0.2) is 0 Å². The van der Waals surface area contributed by atoms with Gasteiger partial charge in [0.25, 0.3) is 0 Å². The number of ether oxygens (including phenoxy) is 6. The van der Waals surface area contributed by atoms with Crippen molar-refractivity contribution in [2.75, 3.05) is 82.3 Å². The number of nitrogens with zero attached hydrogens (tertiary/aromatic N) is 1. The van der Waals surface area contributed by atoms with Crippen molar-refractivity contribution in [3.05, 3.63) is 0 Å². The minimum Gasteiger partial charge on any atom is -0.462 e. The van der Waals surface area contributed by atoms with Crippen LogP contribution < -0.4 is 0 Å². The second-order valence-electron chi connectivity index (χ2n) is 14.2. The Kier molecular flexibility index (Phi) is 37.5. The van der Waals surface area contributed by atoms with Crippen molar-refractivity contribution in [2.24, 2.45) is 5.92 Å². The van der Waals surface area contributed by atoms with Crippen LogP contribution in [0.3, 0.4) is 0 Å². The molecule has 0 aliphatic carbocycles. The monoisotopic (exact) mass is 881 g/mol. The second-order valence-corrected chi connectivity index (χ2v) is 18.2. The van der Waals surface area contributed by atoms with Crippen molar-refractivity contribution in [3.63, 3.8) is 0 Å². The van der Waals surface area contributed by atoms with Crippen LogP contribution in [0.25, 0.3) is 0 Å². The fraction of sp³-hybridized carbons (Fsp3) is 0.857. The quantitative estimate of drug-likeness (QED) is 0.0336. The van der Waals surface area contributed by atoms with Crippen LogP contribution in [-0.2, 0) is 57.2 Å². The maximum atomic E-state index is 12.6. The number of hydrogen-bond donors (Lipinski definition) is 0. The van der Waals surface area contributed by atoms with Crippen LogP contribution in [0.1, 0.15) is 131 Å². The molecule has 0 aromatic rings. The predicted octanol–water partition coefficient (Wildman–Crippen LogP) is 7.68. The van der Waals surface area contributed by atoms with Crippen molar-refractivity contribution in [1.29, 1.82) is 0 Å². The van der Waals surface area contributed by atoms with Crippen LogP contribution in [0.15, 0.2) is 0 Å². The number of unbranched alkanes of at least 4 members (excludes halogenated alkanes) is 10. The van der Waals surface area contributed by atoms with Crippen molar-refractivity contribution in [1.82, 2.24) is 4.90 Å². The summed E-state index contributed by atoms with van der Waals surface area (Å²) >= 11 is 4.69. The van der Waals surface area contributed by atoms with E-state index in [-0.39, 0.29) is 86.8 Å². The third-order valence-corrected chi connectivity index (χ3v) is 12.4. The van der Waals surface area contributed by atoms with E-state index in [1.165, 1.54) is 82.9 Å². The fourth-order valence-corrected chi connectivity index (χ4v) is 8.12. The van der Waals surface area contributed by atoms with Gasteiger partial charge in [-0.1, -0.05) is 85.0 Å². The molecule has 13 nitrogen and oxygen atoms in total. The highest BCUT2D eigenvalue weighted by Gasteiger charge is 2.19. The largest absolute Gasteiger partial charge is 0.462 e. The lowest BCUT2D eigenvalue weighted by Crippen LogP contribution is -2.32. The van der Waals surface area contributed by atoms with Crippen molar-refractivity contribution in [3.8, 4) is 0 Å². The summed E-state index contributed by atoms with van der Waals surface area (Å²) in [5, 5.41) is -0.569. The Morgan fingerprint density at radius 2 is 0.879 bits per heavy atom. The summed E-state index contributed by atoms with van der Waals surface area (Å²) in [4.78, 5) is 74.9. The molecule has 0 fully saturated rings. The Labute approximate surface area is 361 Å². The molecule has 0 bridgehead atoms. The average molecular weight is 882 g/mol. The summed E-state index contributed by atoms with van der Waals surface area (Å²) in [6, 6.07) is 0. The predicted molar refractivity (Wildman–Crippen MR) is 234 cm³/mol. The van der Waals surface area contributed by atoms with Crippen LogP contribution in [0.2, 0.25) is 0 Å². The van der Waals surface area contributed by atoms with E-state index in [1.807, 2.05) is 18.7 Å². The van der Waals surface area contributed by atoms with E-state index in [1.54, 1.807) is 30.4 Å². The van der Waals surface area contributed by atoms with Crippen molar-refractivity contribution < 1.29 is 57.2 Å². The highest BCUT2D eigenvalue weighted by atomic mass is 32.2. The maximum Gasteiger partial charge on any atom is 0.318 e. The molecule has 58 heavy (non-hydrogen) atoms. The van der Waals surface area contributed by atoms with Gasteiger partial charge in [-0.15, -0.1) is 23.5 Å². The molecule has 0 rings (SSSR count). The summed E-state index contributed by atoms with van der Waals surface area (Å²) in [6.07, 6.45) is 14.5. The van der Waals surface area contributed by atoms with Gasteiger partial charge in [0.2, 0.25) is 0 Å².